The molecule has 7 nitrogen and oxygen atoms in total. The maximum atomic E-state index is 12.8. The fourth-order valence-electron chi connectivity index (χ4n) is 3.77. The average Bonchev–Trinajstić information content (AvgIpc) is 3.12. The summed E-state index contributed by atoms with van der Waals surface area (Å²) < 4.78 is 10.5. The second-order valence-electron chi connectivity index (χ2n) is 6.95. The number of carbonyl (C=O) groups excluding carboxylic acids is 2. The quantitative estimate of drug-likeness (QED) is 0.832. The van der Waals surface area contributed by atoms with Crippen LogP contribution in [0.3, 0.4) is 0 Å². The number of piperazine rings is 1. The number of rotatable bonds is 4. The van der Waals surface area contributed by atoms with Crippen LogP contribution in [0.4, 0.5) is 0 Å². The lowest BCUT2D eigenvalue weighted by molar-refractivity contribution is -0.136. The van der Waals surface area contributed by atoms with Crippen molar-refractivity contribution < 1.29 is 19.1 Å². The Hall–Kier alpha value is -1.99. The standard InChI is InChI=1S/C19H27N3O4.ClH/c1-25-15-5-6-16(17(12-15)26-2)19(24)22-9-7-21(8-10-22)18(23)13-3-4-14(20)11-13;/h5-6,12-14H,3-4,7-11,20H2,1-2H3;1H. The number of halogens is 1. The molecule has 0 bridgehead atoms. The number of ether oxygens (including phenoxy) is 2. The Morgan fingerprint density at radius 3 is 2.26 bits per heavy atom. The molecule has 0 aromatic heterocycles. The van der Waals surface area contributed by atoms with Gasteiger partial charge in [-0.15, -0.1) is 12.4 Å². The number of methoxy groups -OCH3 is 2. The minimum Gasteiger partial charge on any atom is -0.497 e. The molecule has 0 spiro atoms. The molecule has 8 heteroatoms. The van der Waals surface area contributed by atoms with Crippen molar-refractivity contribution in [2.75, 3.05) is 40.4 Å². The van der Waals surface area contributed by atoms with Crippen molar-refractivity contribution in [2.45, 2.75) is 25.3 Å². The van der Waals surface area contributed by atoms with E-state index in [1.165, 1.54) is 7.11 Å². The van der Waals surface area contributed by atoms with Gasteiger partial charge in [0.1, 0.15) is 11.5 Å². The third-order valence-corrected chi connectivity index (χ3v) is 5.34. The Labute approximate surface area is 166 Å². The molecule has 1 aliphatic heterocycles. The van der Waals surface area contributed by atoms with E-state index in [0.29, 0.717) is 43.2 Å². The van der Waals surface area contributed by atoms with Crippen molar-refractivity contribution in [3.05, 3.63) is 23.8 Å². The normalized spacial score (nSPS) is 22.2. The number of amides is 2. The molecule has 2 aliphatic rings. The van der Waals surface area contributed by atoms with Gasteiger partial charge in [-0.3, -0.25) is 9.59 Å². The molecule has 2 unspecified atom stereocenters. The van der Waals surface area contributed by atoms with Crippen molar-refractivity contribution in [1.82, 2.24) is 9.80 Å². The number of nitrogens with zero attached hydrogens (tertiary/aromatic N) is 2. The largest absolute Gasteiger partial charge is 0.497 e. The van der Waals surface area contributed by atoms with Crippen molar-refractivity contribution >= 4 is 24.2 Å². The van der Waals surface area contributed by atoms with Gasteiger partial charge in [-0.25, -0.2) is 0 Å². The summed E-state index contributed by atoms with van der Waals surface area (Å²) in [6.45, 7) is 2.18. The molecule has 1 aliphatic carbocycles. The van der Waals surface area contributed by atoms with Crippen molar-refractivity contribution in [2.24, 2.45) is 11.7 Å². The summed E-state index contributed by atoms with van der Waals surface area (Å²) in [5.41, 5.74) is 6.43. The highest BCUT2D eigenvalue weighted by molar-refractivity contribution is 5.97. The summed E-state index contributed by atoms with van der Waals surface area (Å²) in [4.78, 5) is 29.1. The SMILES string of the molecule is COc1ccc(C(=O)N2CCN(C(=O)C3CCC(N)C3)CC2)c(OC)c1.Cl. The molecule has 1 aromatic rings. The van der Waals surface area contributed by atoms with Crippen LogP contribution < -0.4 is 15.2 Å². The Morgan fingerprint density at radius 2 is 1.70 bits per heavy atom. The molecule has 2 amide bonds. The molecular weight excluding hydrogens is 370 g/mol. The van der Waals surface area contributed by atoms with Gasteiger partial charge >= 0.3 is 0 Å². The van der Waals surface area contributed by atoms with Crippen LogP contribution in [-0.4, -0.2) is 68.1 Å². The summed E-state index contributed by atoms with van der Waals surface area (Å²) in [6.07, 6.45) is 2.58. The van der Waals surface area contributed by atoms with Gasteiger partial charge in [0.2, 0.25) is 5.91 Å². The van der Waals surface area contributed by atoms with E-state index in [1.807, 2.05) is 4.90 Å². The Balaban J connectivity index is 0.00000261. The van der Waals surface area contributed by atoms with E-state index in [1.54, 1.807) is 30.2 Å². The van der Waals surface area contributed by atoms with E-state index in [-0.39, 0.29) is 36.2 Å². The molecule has 0 radical (unpaired) electrons. The summed E-state index contributed by atoms with van der Waals surface area (Å²) in [6, 6.07) is 5.32. The minimum atomic E-state index is -0.0838. The second-order valence-corrected chi connectivity index (χ2v) is 6.95. The molecule has 2 atom stereocenters. The summed E-state index contributed by atoms with van der Waals surface area (Å²) in [5.74, 6) is 1.29. The topological polar surface area (TPSA) is 85.1 Å². The van der Waals surface area contributed by atoms with Gasteiger partial charge < -0.3 is 25.0 Å². The first-order valence-corrected chi connectivity index (χ1v) is 9.09. The van der Waals surface area contributed by atoms with Crippen LogP contribution in [0, 0.1) is 5.92 Å². The van der Waals surface area contributed by atoms with Crippen molar-refractivity contribution in [3.8, 4) is 11.5 Å². The third-order valence-electron chi connectivity index (χ3n) is 5.34. The third kappa shape index (κ3) is 4.65. The summed E-state index contributed by atoms with van der Waals surface area (Å²) >= 11 is 0. The van der Waals surface area contributed by atoms with Crippen LogP contribution in [0.25, 0.3) is 0 Å². The zero-order chi connectivity index (χ0) is 18.7. The van der Waals surface area contributed by atoms with E-state index in [9.17, 15) is 9.59 Å². The molecule has 3 rings (SSSR count). The Morgan fingerprint density at radius 1 is 1.04 bits per heavy atom. The van der Waals surface area contributed by atoms with Gasteiger partial charge in [-0.05, 0) is 31.4 Å². The van der Waals surface area contributed by atoms with Crippen LogP contribution in [0.1, 0.15) is 29.6 Å². The lowest BCUT2D eigenvalue weighted by Crippen LogP contribution is -2.51. The lowest BCUT2D eigenvalue weighted by atomic mass is 10.1. The number of hydrogen-bond donors (Lipinski definition) is 1. The smallest absolute Gasteiger partial charge is 0.257 e. The molecule has 1 heterocycles. The fraction of sp³-hybridized carbons (Fsp3) is 0.579. The minimum absolute atomic E-state index is 0. The summed E-state index contributed by atoms with van der Waals surface area (Å²) in [5, 5.41) is 0. The van der Waals surface area contributed by atoms with Crippen LogP contribution in [-0.2, 0) is 4.79 Å². The lowest BCUT2D eigenvalue weighted by Gasteiger charge is -2.36. The number of carbonyl (C=O) groups is 2. The highest BCUT2D eigenvalue weighted by Gasteiger charge is 2.33. The van der Waals surface area contributed by atoms with E-state index in [2.05, 4.69) is 0 Å². The van der Waals surface area contributed by atoms with E-state index < -0.39 is 0 Å². The monoisotopic (exact) mass is 397 g/mol. The molecule has 150 valence electrons. The first-order valence-electron chi connectivity index (χ1n) is 9.09. The first kappa shape index (κ1) is 21.3. The highest BCUT2D eigenvalue weighted by atomic mass is 35.5. The average molecular weight is 398 g/mol. The van der Waals surface area contributed by atoms with Crippen molar-refractivity contribution in [1.29, 1.82) is 0 Å². The zero-order valence-corrected chi connectivity index (χ0v) is 16.7. The van der Waals surface area contributed by atoms with Crippen LogP contribution >= 0.6 is 12.4 Å². The molecule has 1 aromatic carbocycles. The van der Waals surface area contributed by atoms with E-state index >= 15 is 0 Å². The fourth-order valence-corrected chi connectivity index (χ4v) is 3.77. The van der Waals surface area contributed by atoms with Crippen LogP contribution in [0.5, 0.6) is 11.5 Å². The maximum Gasteiger partial charge on any atom is 0.257 e. The van der Waals surface area contributed by atoms with Gasteiger partial charge in [0.05, 0.1) is 19.8 Å². The maximum absolute atomic E-state index is 12.8. The molecule has 2 fully saturated rings. The number of benzene rings is 1. The van der Waals surface area contributed by atoms with E-state index in [4.69, 9.17) is 15.2 Å². The van der Waals surface area contributed by atoms with Crippen LogP contribution in [0.2, 0.25) is 0 Å². The van der Waals surface area contributed by atoms with Gasteiger partial charge in [0, 0.05) is 44.2 Å². The predicted molar refractivity (Wildman–Crippen MR) is 105 cm³/mol. The molecular formula is C19H28ClN3O4. The van der Waals surface area contributed by atoms with E-state index in [0.717, 1.165) is 19.3 Å². The Kier molecular flexibility index (Phi) is 7.33. The second kappa shape index (κ2) is 9.28. The molecule has 2 N–H and O–H groups in total. The predicted octanol–water partition coefficient (Wildman–Crippen LogP) is 1.54. The van der Waals surface area contributed by atoms with Gasteiger partial charge in [-0.2, -0.15) is 0 Å². The number of nitrogens with two attached hydrogens (primary N) is 1. The molecule has 27 heavy (non-hydrogen) atoms. The van der Waals surface area contributed by atoms with Crippen molar-refractivity contribution in [3.63, 3.8) is 0 Å². The first-order chi connectivity index (χ1) is 12.5. The van der Waals surface area contributed by atoms with Crippen LogP contribution in [0.15, 0.2) is 18.2 Å². The highest BCUT2D eigenvalue weighted by Crippen LogP contribution is 2.28. The zero-order valence-electron chi connectivity index (χ0n) is 15.8. The van der Waals surface area contributed by atoms with Gasteiger partial charge in [0.25, 0.3) is 5.91 Å². The summed E-state index contributed by atoms with van der Waals surface area (Å²) in [7, 11) is 3.11. The molecule has 1 saturated heterocycles. The van der Waals surface area contributed by atoms with Gasteiger partial charge in [0.15, 0.2) is 0 Å². The number of hydrogen-bond acceptors (Lipinski definition) is 5. The Bertz CT molecular complexity index is 677. The van der Waals surface area contributed by atoms with Gasteiger partial charge in [-0.1, -0.05) is 0 Å². The molecule has 1 saturated carbocycles.